The fourth-order valence-corrected chi connectivity index (χ4v) is 2.71. The molecule has 0 atom stereocenters. The van der Waals surface area contributed by atoms with E-state index in [0.29, 0.717) is 11.4 Å². The summed E-state index contributed by atoms with van der Waals surface area (Å²) in [6.45, 7) is 6.01. The third-order valence-corrected chi connectivity index (χ3v) is 4.83. The lowest BCUT2D eigenvalue weighted by molar-refractivity contribution is -0.120. The van der Waals surface area contributed by atoms with Crippen LogP contribution in [0, 0.1) is 0 Å². The predicted molar refractivity (Wildman–Crippen MR) is 91.3 cm³/mol. The Morgan fingerprint density at radius 3 is 2.23 bits per heavy atom. The fourth-order valence-electron chi connectivity index (χ4n) is 1.82. The first-order chi connectivity index (χ1) is 9.99. The summed E-state index contributed by atoms with van der Waals surface area (Å²) in [5.74, 6) is 0.0248. The molecule has 0 spiro atoms. The van der Waals surface area contributed by atoms with E-state index in [0.717, 1.165) is 25.1 Å². The van der Waals surface area contributed by atoms with Crippen molar-refractivity contribution in [2.45, 2.75) is 31.6 Å². The van der Waals surface area contributed by atoms with E-state index in [1.54, 1.807) is 31.2 Å². The van der Waals surface area contributed by atoms with Gasteiger partial charge in [0.25, 0.3) is 0 Å². The molecule has 0 aliphatic carbocycles. The molecule has 2 N–H and O–H groups in total. The highest BCUT2D eigenvalue weighted by Gasteiger charge is 2.11. The molecule has 0 unspecified atom stereocenters. The molecular weight excluding hydrogens is 324 g/mol. The molecule has 7 heteroatoms. The summed E-state index contributed by atoms with van der Waals surface area (Å²) in [6.07, 6.45) is 1.33. The van der Waals surface area contributed by atoms with E-state index >= 15 is 0 Å². The molecule has 0 aliphatic rings. The highest BCUT2D eigenvalue weighted by molar-refractivity contribution is 7.91. The highest BCUT2D eigenvalue weighted by Crippen LogP contribution is 2.12. The minimum absolute atomic E-state index is 0. The van der Waals surface area contributed by atoms with Gasteiger partial charge in [-0.1, -0.05) is 26.0 Å². The summed E-state index contributed by atoms with van der Waals surface area (Å²) >= 11 is 0. The zero-order valence-corrected chi connectivity index (χ0v) is 14.7. The molecule has 126 valence electrons. The largest absolute Gasteiger partial charge is 0.355 e. The first-order valence-corrected chi connectivity index (χ1v) is 8.94. The molecule has 1 amide bonds. The van der Waals surface area contributed by atoms with Crippen LogP contribution in [-0.2, 0) is 21.1 Å². The summed E-state index contributed by atoms with van der Waals surface area (Å²) in [5.41, 5.74) is 0.809. The molecule has 0 aromatic heterocycles. The van der Waals surface area contributed by atoms with Crippen LogP contribution in [0.2, 0.25) is 0 Å². The molecule has 22 heavy (non-hydrogen) atoms. The van der Waals surface area contributed by atoms with Crippen LogP contribution in [0.25, 0.3) is 0 Å². The average molecular weight is 349 g/mol. The molecular formula is C15H25ClN2O3S. The van der Waals surface area contributed by atoms with Crippen LogP contribution in [-0.4, -0.2) is 39.7 Å². The maximum absolute atomic E-state index is 11.7. The molecule has 1 aromatic carbocycles. The van der Waals surface area contributed by atoms with Crippen molar-refractivity contribution in [1.82, 2.24) is 10.6 Å². The van der Waals surface area contributed by atoms with E-state index in [1.807, 2.05) is 0 Å². The van der Waals surface area contributed by atoms with Crippen molar-refractivity contribution < 1.29 is 13.2 Å². The van der Waals surface area contributed by atoms with Gasteiger partial charge in [0.15, 0.2) is 9.84 Å². The van der Waals surface area contributed by atoms with Crippen molar-refractivity contribution in [2.24, 2.45) is 0 Å². The van der Waals surface area contributed by atoms with Gasteiger partial charge in [0.2, 0.25) is 5.91 Å². The minimum Gasteiger partial charge on any atom is -0.355 e. The number of rotatable bonds is 9. The highest BCUT2D eigenvalue weighted by atomic mass is 35.5. The van der Waals surface area contributed by atoms with Gasteiger partial charge in [-0.15, -0.1) is 12.4 Å². The molecule has 0 saturated heterocycles. The molecule has 0 aliphatic heterocycles. The molecule has 0 bridgehead atoms. The van der Waals surface area contributed by atoms with Crippen LogP contribution in [0.1, 0.15) is 25.8 Å². The number of carbonyl (C=O) groups excluding carboxylic acids is 1. The van der Waals surface area contributed by atoms with E-state index in [9.17, 15) is 13.2 Å². The van der Waals surface area contributed by atoms with Crippen LogP contribution in [0.15, 0.2) is 29.2 Å². The topological polar surface area (TPSA) is 75.3 Å². The Labute approximate surface area is 139 Å². The average Bonchev–Trinajstić information content (AvgIpc) is 2.47. The SMILES string of the molecule is CCCNCCNC(=O)Cc1ccc(S(=O)(=O)CC)cc1.Cl. The van der Waals surface area contributed by atoms with E-state index in [-0.39, 0.29) is 30.5 Å². The monoisotopic (exact) mass is 348 g/mol. The second kappa shape index (κ2) is 10.6. The maximum atomic E-state index is 11.7. The quantitative estimate of drug-likeness (QED) is 0.664. The first-order valence-electron chi connectivity index (χ1n) is 7.28. The molecule has 1 rings (SSSR count). The van der Waals surface area contributed by atoms with Crippen LogP contribution in [0.3, 0.4) is 0 Å². The molecule has 1 aromatic rings. The Morgan fingerprint density at radius 1 is 1.05 bits per heavy atom. The number of sulfone groups is 1. The normalized spacial score (nSPS) is 10.8. The van der Waals surface area contributed by atoms with Gasteiger partial charge in [-0.25, -0.2) is 8.42 Å². The van der Waals surface area contributed by atoms with E-state index in [4.69, 9.17) is 0 Å². The van der Waals surface area contributed by atoms with Gasteiger partial charge in [-0.05, 0) is 30.7 Å². The Balaban J connectivity index is 0.00000441. The maximum Gasteiger partial charge on any atom is 0.224 e. The van der Waals surface area contributed by atoms with Gasteiger partial charge in [-0.3, -0.25) is 4.79 Å². The lowest BCUT2D eigenvalue weighted by Crippen LogP contribution is -2.32. The number of hydrogen-bond acceptors (Lipinski definition) is 4. The summed E-state index contributed by atoms with van der Waals surface area (Å²) in [7, 11) is -3.18. The molecule has 5 nitrogen and oxygen atoms in total. The summed E-state index contributed by atoms with van der Waals surface area (Å²) in [6, 6.07) is 6.50. The zero-order valence-electron chi connectivity index (χ0n) is 13.1. The lowest BCUT2D eigenvalue weighted by Gasteiger charge is -2.07. The number of carbonyl (C=O) groups is 1. The fraction of sp³-hybridized carbons (Fsp3) is 0.533. The number of halogens is 1. The predicted octanol–water partition coefficient (Wildman–Crippen LogP) is 1.56. The van der Waals surface area contributed by atoms with Gasteiger partial charge >= 0.3 is 0 Å². The molecule has 0 fully saturated rings. The first kappa shape index (κ1) is 20.9. The van der Waals surface area contributed by atoms with Crippen molar-refractivity contribution in [2.75, 3.05) is 25.4 Å². The smallest absolute Gasteiger partial charge is 0.224 e. The molecule has 0 heterocycles. The standard InChI is InChI=1S/C15H24N2O3S.ClH/c1-3-9-16-10-11-17-15(18)12-13-5-7-14(8-6-13)21(19,20)4-2;/h5-8,16H,3-4,9-12H2,1-2H3,(H,17,18);1H. The minimum atomic E-state index is -3.18. The summed E-state index contributed by atoms with van der Waals surface area (Å²) in [5, 5.41) is 6.03. The van der Waals surface area contributed by atoms with Crippen molar-refractivity contribution in [3.05, 3.63) is 29.8 Å². The van der Waals surface area contributed by atoms with Gasteiger partial charge in [0.05, 0.1) is 17.1 Å². The van der Waals surface area contributed by atoms with Crippen molar-refractivity contribution in [1.29, 1.82) is 0 Å². The second-order valence-electron chi connectivity index (χ2n) is 4.82. The van der Waals surface area contributed by atoms with Crippen LogP contribution < -0.4 is 10.6 Å². The van der Waals surface area contributed by atoms with Crippen molar-refractivity contribution in [3.8, 4) is 0 Å². The third-order valence-electron chi connectivity index (χ3n) is 3.08. The Kier molecular flexibility index (Phi) is 10.1. The van der Waals surface area contributed by atoms with Crippen LogP contribution in [0.5, 0.6) is 0 Å². The van der Waals surface area contributed by atoms with E-state index in [2.05, 4.69) is 17.6 Å². The Bertz CT molecular complexity index is 544. The third kappa shape index (κ3) is 7.24. The second-order valence-corrected chi connectivity index (χ2v) is 7.10. The summed E-state index contributed by atoms with van der Waals surface area (Å²) < 4.78 is 23.4. The number of hydrogen-bond donors (Lipinski definition) is 2. The van der Waals surface area contributed by atoms with Crippen LogP contribution >= 0.6 is 12.4 Å². The number of benzene rings is 1. The van der Waals surface area contributed by atoms with Gasteiger partial charge in [-0.2, -0.15) is 0 Å². The van der Waals surface area contributed by atoms with Gasteiger partial charge < -0.3 is 10.6 Å². The number of nitrogens with one attached hydrogen (secondary N) is 2. The van der Waals surface area contributed by atoms with Gasteiger partial charge in [0, 0.05) is 13.1 Å². The number of amides is 1. The zero-order chi connectivity index (χ0) is 15.7. The van der Waals surface area contributed by atoms with Gasteiger partial charge in [0.1, 0.15) is 0 Å². The Hall–Kier alpha value is -1.11. The van der Waals surface area contributed by atoms with Crippen molar-refractivity contribution in [3.63, 3.8) is 0 Å². The van der Waals surface area contributed by atoms with E-state index in [1.165, 1.54) is 0 Å². The lowest BCUT2D eigenvalue weighted by atomic mass is 10.1. The Morgan fingerprint density at radius 2 is 1.68 bits per heavy atom. The van der Waals surface area contributed by atoms with E-state index < -0.39 is 9.84 Å². The summed E-state index contributed by atoms with van der Waals surface area (Å²) in [4.78, 5) is 12.0. The molecule has 0 radical (unpaired) electrons. The molecule has 0 saturated carbocycles. The van der Waals surface area contributed by atoms with Crippen molar-refractivity contribution >= 4 is 28.2 Å². The van der Waals surface area contributed by atoms with Crippen LogP contribution in [0.4, 0.5) is 0 Å².